The van der Waals surface area contributed by atoms with E-state index in [0.717, 1.165) is 25.3 Å². The first-order valence-electron chi connectivity index (χ1n) is 6.73. The van der Waals surface area contributed by atoms with Crippen LogP contribution in [0.1, 0.15) is 52.8 Å². The fraction of sp³-hybridized carbons (Fsp3) is 0.846. The van der Waals surface area contributed by atoms with E-state index in [1.165, 1.54) is 5.69 Å². The van der Waals surface area contributed by atoms with Gasteiger partial charge in [0.2, 0.25) is 0 Å². The minimum Gasteiger partial charge on any atom is -0.308 e. The van der Waals surface area contributed by atoms with Crippen molar-refractivity contribution in [1.29, 1.82) is 0 Å². The van der Waals surface area contributed by atoms with Crippen molar-refractivity contribution < 1.29 is 0 Å². The Morgan fingerprint density at radius 2 is 2.11 bits per heavy atom. The molecule has 1 aromatic rings. The number of rotatable bonds is 7. The molecule has 0 fully saturated rings. The molecular formula is C13H26N4S. The molecule has 4 nitrogen and oxygen atoms in total. The highest BCUT2D eigenvalue weighted by atomic mass is 32.2. The smallest absolute Gasteiger partial charge is 0.0764 e. The lowest BCUT2D eigenvalue weighted by atomic mass is 10.2. The third-order valence-electron chi connectivity index (χ3n) is 2.57. The summed E-state index contributed by atoms with van der Waals surface area (Å²) in [5.74, 6) is 1.05. The largest absolute Gasteiger partial charge is 0.308 e. The second-order valence-corrected chi connectivity index (χ2v) is 7.26. The minimum absolute atomic E-state index is 0.288. The Balaban J connectivity index is 2.73. The van der Waals surface area contributed by atoms with Crippen LogP contribution in [-0.4, -0.2) is 32.0 Å². The van der Waals surface area contributed by atoms with E-state index in [0.29, 0.717) is 6.04 Å². The Morgan fingerprint density at radius 3 is 2.67 bits per heavy atom. The van der Waals surface area contributed by atoms with Gasteiger partial charge >= 0.3 is 0 Å². The minimum atomic E-state index is 0.288. The van der Waals surface area contributed by atoms with Gasteiger partial charge in [0, 0.05) is 17.0 Å². The molecule has 0 aromatic carbocycles. The van der Waals surface area contributed by atoms with Crippen LogP contribution in [0.4, 0.5) is 0 Å². The predicted octanol–water partition coefficient (Wildman–Crippen LogP) is 2.87. The molecule has 0 saturated heterocycles. The molecule has 18 heavy (non-hydrogen) atoms. The van der Waals surface area contributed by atoms with Gasteiger partial charge in [0.1, 0.15) is 0 Å². The average Bonchev–Trinajstić information content (AvgIpc) is 2.72. The number of nitrogens with zero attached hydrogens (tertiary/aromatic N) is 3. The number of aromatic nitrogens is 3. The Labute approximate surface area is 115 Å². The van der Waals surface area contributed by atoms with Gasteiger partial charge in [-0.05, 0) is 13.0 Å². The van der Waals surface area contributed by atoms with Crippen LogP contribution in [0.2, 0.25) is 0 Å². The number of nitrogens with one attached hydrogen (secondary N) is 1. The third-order valence-corrected chi connectivity index (χ3v) is 3.94. The van der Waals surface area contributed by atoms with Crippen molar-refractivity contribution in [3.05, 3.63) is 11.9 Å². The molecule has 1 N–H and O–H groups in total. The molecule has 1 aromatic heterocycles. The van der Waals surface area contributed by atoms with Crippen molar-refractivity contribution in [3.8, 4) is 0 Å². The van der Waals surface area contributed by atoms with Crippen molar-refractivity contribution in [2.45, 2.75) is 58.4 Å². The van der Waals surface area contributed by atoms with Crippen LogP contribution >= 0.6 is 11.8 Å². The van der Waals surface area contributed by atoms with Crippen molar-refractivity contribution in [2.24, 2.45) is 0 Å². The monoisotopic (exact) mass is 270 g/mol. The van der Waals surface area contributed by atoms with Crippen LogP contribution in [0.5, 0.6) is 0 Å². The average molecular weight is 270 g/mol. The first kappa shape index (κ1) is 15.5. The Bertz CT molecular complexity index is 343. The molecule has 0 bridgehead atoms. The molecule has 1 unspecified atom stereocenters. The Kier molecular flexibility index (Phi) is 6.15. The van der Waals surface area contributed by atoms with Gasteiger partial charge in [-0.3, -0.25) is 0 Å². The molecule has 0 aliphatic heterocycles. The van der Waals surface area contributed by atoms with Gasteiger partial charge < -0.3 is 5.32 Å². The molecule has 5 heteroatoms. The highest BCUT2D eigenvalue weighted by molar-refractivity contribution is 8.00. The maximum absolute atomic E-state index is 4.17. The second kappa shape index (κ2) is 7.14. The fourth-order valence-electron chi connectivity index (χ4n) is 1.75. The van der Waals surface area contributed by atoms with E-state index in [-0.39, 0.29) is 4.75 Å². The van der Waals surface area contributed by atoms with Crippen molar-refractivity contribution in [2.75, 3.05) is 12.3 Å². The molecule has 0 spiro atoms. The van der Waals surface area contributed by atoms with Gasteiger partial charge in [0.05, 0.1) is 17.9 Å². The molecule has 0 amide bonds. The number of thioether (sulfide) groups is 1. The van der Waals surface area contributed by atoms with Crippen LogP contribution in [-0.2, 0) is 6.54 Å². The summed E-state index contributed by atoms with van der Waals surface area (Å²) in [7, 11) is 0. The SMILES string of the molecule is CCCn1nncc1C(CSC(C)(C)C)NCC. The van der Waals surface area contributed by atoms with Crippen molar-refractivity contribution in [3.63, 3.8) is 0 Å². The van der Waals surface area contributed by atoms with E-state index in [1.807, 2.05) is 22.6 Å². The second-order valence-electron chi connectivity index (χ2n) is 5.42. The van der Waals surface area contributed by atoms with E-state index in [2.05, 4.69) is 50.2 Å². The van der Waals surface area contributed by atoms with E-state index < -0.39 is 0 Å². The zero-order valence-electron chi connectivity index (χ0n) is 12.2. The predicted molar refractivity (Wildman–Crippen MR) is 78.9 cm³/mol. The zero-order chi connectivity index (χ0) is 13.6. The first-order chi connectivity index (χ1) is 8.48. The third kappa shape index (κ3) is 4.98. The summed E-state index contributed by atoms with van der Waals surface area (Å²) >= 11 is 1.98. The van der Waals surface area contributed by atoms with Gasteiger partial charge in [0.25, 0.3) is 0 Å². The lowest BCUT2D eigenvalue weighted by Crippen LogP contribution is -2.27. The highest BCUT2D eigenvalue weighted by Gasteiger charge is 2.19. The van der Waals surface area contributed by atoms with E-state index in [9.17, 15) is 0 Å². The number of aryl methyl sites for hydroxylation is 1. The summed E-state index contributed by atoms with van der Waals surface area (Å²) in [6.45, 7) is 13.0. The lowest BCUT2D eigenvalue weighted by Gasteiger charge is -2.23. The Morgan fingerprint density at radius 1 is 1.39 bits per heavy atom. The first-order valence-corrected chi connectivity index (χ1v) is 7.72. The molecule has 0 radical (unpaired) electrons. The van der Waals surface area contributed by atoms with Crippen molar-refractivity contribution in [1.82, 2.24) is 20.3 Å². The molecule has 1 heterocycles. The van der Waals surface area contributed by atoms with Gasteiger partial charge in [0.15, 0.2) is 0 Å². The van der Waals surface area contributed by atoms with E-state index in [1.54, 1.807) is 0 Å². The van der Waals surface area contributed by atoms with Crippen molar-refractivity contribution >= 4 is 11.8 Å². The molecular weight excluding hydrogens is 244 g/mol. The van der Waals surface area contributed by atoms with Crippen LogP contribution in [0.3, 0.4) is 0 Å². The quantitative estimate of drug-likeness (QED) is 0.827. The molecule has 104 valence electrons. The summed E-state index contributed by atoms with van der Waals surface area (Å²) in [4.78, 5) is 0. The van der Waals surface area contributed by atoms with E-state index >= 15 is 0 Å². The van der Waals surface area contributed by atoms with Gasteiger partial charge in [-0.15, -0.1) is 5.10 Å². The zero-order valence-corrected chi connectivity index (χ0v) is 13.0. The summed E-state index contributed by atoms with van der Waals surface area (Å²) in [5, 5.41) is 11.8. The number of hydrogen-bond donors (Lipinski definition) is 1. The lowest BCUT2D eigenvalue weighted by molar-refractivity contribution is 0.500. The van der Waals surface area contributed by atoms with E-state index in [4.69, 9.17) is 0 Å². The van der Waals surface area contributed by atoms with Gasteiger partial charge in [-0.1, -0.05) is 39.8 Å². The molecule has 1 atom stereocenters. The molecule has 0 saturated carbocycles. The van der Waals surface area contributed by atoms with Crippen LogP contribution in [0.25, 0.3) is 0 Å². The van der Waals surface area contributed by atoms with Crippen LogP contribution in [0, 0.1) is 0 Å². The maximum Gasteiger partial charge on any atom is 0.0764 e. The summed E-state index contributed by atoms with van der Waals surface area (Å²) in [5.41, 5.74) is 1.20. The summed E-state index contributed by atoms with van der Waals surface area (Å²) < 4.78 is 2.31. The van der Waals surface area contributed by atoms with Gasteiger partial charge in [-0.2, -0.15) is 11.8 Å². The Hall–Kier alpha value is -0.550. The highest BCUT2D eigenvalue weighted by Crippen LogP contribution is 2.28. The van der Waals surface area contributed by atoms with Crippen LogP contribution in [0.15, 0.2) is 6.20 Å². The molecule has 0 aliphatic carbocycles. The topological polar surface area (TPSA) is 42.7 Å². The summed E-state index contributed by atoms with van der Waals surface area (Å²) in [6, 6.07) is 0.334. The van der Waals surface area contributed by atoms with Crippen LogP contribution < -0.4 is 5.32 Å². The van der Waals surface area contributed by atoms with Gasteiger partial charge in [-0.25, -0.2) is 4.68 Å². The molecule has 0 aliphatic rings. The number of hydrogen-bond acceptors (Lipinski definition) is 4. The fourth-order valence-corrected chi connectivity index (χ4v) is 2.70. The standard InChI is InChI=1S/C13H26N4S/c1-6-8-17-12(9-15-16-17)11(14-7-2)10-18-13(3,4)5/h9,11,14H,6-8,10H2,1-5H3. The normalized spacial score (nSPS) is 13.8. The maximum atomic E-state index is 4.17. The molecule has 1 rings (SSSR count). The summed E-state index contributed by atoms with van der Waals surface area (Å²) in [6.07, 6.45) is 2.98.